The maximum absolute atomic E-state index is 11.8. The first-order valence-corrected chi connectivity index (χ1v) is 6.61. The Morgan fingerprint density at radius 3 is 2.67 bits per heavy atom. The topological polar surface area (TPSA) is 90.5 Å². The lowest BCUT2D eigenvalue weighted by molar-refractivity contribution is -0.126. The van der Waals surface area contributed by atoms with Gasteiger partial charge in [-0.05, 0) is 31.6 Å². The van der Waals surface area contributed by atoms with Gasteiger partial charge in [-0.25, -0.2) is 0 Å². The number of hydrogen-bond acceptors (Lipinski definition) is 4. The van der Waals surface area contributed by atoms with Crippen LogP contribution in [0.2, 0.25) is 0 Å². The van der Waals surface area contributed by atoms with Gasteiger partial charge in [0.2, 0.25) is 11.8 Å². The summed E-state index contributed by atoms with van der Waals surface area (Å²) in [6, 6.07) is -0.322. The van der Waals surface area contributed by atoms with Crippen molar-refractivity contribution < 1.29 is 14.7 Å². The molecular formula is C12H21N3O3. The fourth-order valence-electron chi connectivity index (χ4n) is 2.47. The average molecular weight is 255 g/mol. The van der Waals surface area contributed by atoms with Crippen molar-refractivity contribution in [3.05, 3.63) is 0 Å². The van der Waals surface area contributed by atoms with E-state index in [0.29, 0.717) is 19.0 Å². The lowest BCUT2D eigenvalue weighted by Gasteiger charge is -2.27. The zero-order valence-corrected chi connectivity index (χ0v) is 10.4. The SMILES string of the molecule is O=C1CNC(C(=O)NCC2CCC(O)CC2)CN1. The summed E-state index contributed by atoms with van der Waals surface area (Å²) < 4.78 is 0. The zero-order chi connectivity index (χ0) is 13.0. The summed E-state index contributed by atoms with van der Waals surface area (Å²) >= 11 is 0. The molecule has 1 aliphatic carbocycles. The van der Waals surface area contributed by atoms with E-state index in [2.05, 4.69) is 16.0 Å². The van der Waals surface area contributed by atoms with Gasteiger partial charge in [0.25, 0.3) is 0 Å². The maximum atomic E-state index is 11.8. The Kier molecular flexibility index (Phi) is 4.54. The van der Waals surface area contributed by atoms with Crippen molar-refractivity contribution in [3.63, 3.8) is 0 Å². The zero-order valence-electron chi connectivity index (χ0n) is 10.4. The molecule has 2 amide bonds. The van der Waals surface area contributed by atoms with Crippen molar-refractivity contribution in [3.8, 4) is 0 Å². The van der Waals surface area contributed by atoms with Gasteiger partial charge in [-0.15, -0.1) is 0 Å². The fraction of sp³-hybridized carbons (Fsp3) is 0.833. The van der Waals surface area contributed by atoms with Gasteiger partial charge >= 0.3 is 0 Å². The third kappa shape index (κ3) is 3.68. The third-order valence-corrected chi connectivity index (χ3v) is 3.71. The van der Waals surface area contributed by atoms with Gasteiger partial charge in [0.15, 0.2) is 0 Å². The van der Waals surface area contributed by atoms with E-state index in [1.165, 1.54) is 0 Å². The normalized spacial score (nSPS) is 32.7. The summed E-state index contributed by atoms with van der Waals surface area (Å²) in [6.07, 6.45) is 3.44. The molecule has 2 aliphatic rings. The molecule has 6 nitrogen and oxygen atoms in total. The highest BCUT2D eigenvalue weighted by Gasteiger charge is 2.25. The molecular weight excluding hydrogens is 234 g/mol. The van der Waals surface area contributed by atoms with Crippen LogP contribution in [0.15, 0.2) is 0 Å². The molecule has 1 unspecified atom stereocenters. The lowest BCUT2D eigenvalue weighted by atomic mass is 9.87. The number of carbonyl (C=O) groups excluding carboxylic acids is 2. The van der Waals surface area contributed by atoms with Crippen LogP contribution in [0.25, 0.3) is 0 Å². The lowest BCUT2D eigenvalue weighted by Crippen LogP contribution is -2.58. The first kappa shape index (κ1) is 13.3. The maximum Gasteiger partial charge on any atom is 0.238 e. The molecule has 0 bridgehead atoms. The summed E-state index contributed by atoms with van der Waals surface area (Å²) in [4.78, 5) is 22.8. The van der Waals surface area contributed by atoms with Crippen molar-refractivity contribution in [2.45, 2.75) is 37.8 Å². The van der Waals surface area contributed by atoms with Crippen molar-refractivity contribution in [1.82, 2.24) is 16.0 Å². The molecule has 18 heavy (non-hydrogen) atoms. The number of hydrogen-bond donors (Lipinski definition) is 4. The largest absolute Gasteiger partial charge is 0.393 e. The molecule has 1 saturated carbocycles. The molecule has 0 spiro atoms. The van der Waals surface area contributed by atoms with Crippen LogP contribution < -0.4 is 16.0 Å². The highest BCUT2D eigenvalue weighted by Crippen LogP contribution is 2.23. The Hall–Kier alpha value is -1.14. The molecule has 1 aliphatic heterocycles. The summed E-state index contributed by atoms with van der Waals surface area (Å²) in [5, 5.41) is 17.9. The molecule has 0 aromatic carbocycles. The molecule has 4 N–H and O–H groups in total. The van der Waals surface area contributed by atoms with Gasteiger partial charge in [-0.2, -0.15) is 0 Å². The quantitative estimate of drug-likeness (QED) is 0.507. The highest BCUT2D eigenvalue weighted by molar-refractivity contribution is 5.86. The second kappa shape index (κ2) is 6.15. The van der Waals surface area contributed by atoms with E-state index in [-0.39, 0.29) is 30.5 Å². The molecule has 1 heterocycles. The van der Waals surface area contributed by atoms with Crippen molar-refractivity contribution in [1.29, 1.82) is 0 Å². The minimum atomic E-state index is -0.322. The molecule has 0 aromatic heterocycles. The summed E-state index contributed by atoms with van der Waals surface area (Å²) in [6.45, 7) is 1.22. The number of aliphatic hydroxyl groups excluding tert-OH is 1. The molecule has 6 heteroatoms. The highest BCUT2D eigenvalue weighted by atomic mass is 16.3. The van der Waals surface area contributed by atoms with Crippen LogP contribution in [0.5, 0.6) is 0 Å². The van der Waals surface area contributed by atoms with E-state index in [4.69, 9.17) is 0 Å². The van der Waals surface area contributed by atoms with Crippen LogP contribution in [0, 0.1) is 5.92 Å². The van der Waals surface area contributed by atoms with Crippen LogP contribution in [-0.2, 0) is 9.59 Å². The number of carbonyl (C=O) groups is 2. The third-order valence-electron chi connectivity index (χ3n) is 3.71. The monoisotopic (exact) mass is 255 g/mol. The van der Waals surface area contributed by atoms with Crippen molar-refractivity contribution >= 4 is 11.8 Å². The molecule has 102 valence electrons. The smallest absolute Gasteiger partial charge is 0.238 e. The van der Waals surface area contributed by atoms with E-state index in [1.54, 1.807) is 0 Å². The molecule has 1 atom stereocenters. The summed E-state index contributed by atoms with van der Waals surface area (Å²) in [5.74, 6) is 0.344. The van der Waals surface area contributed by atoms with E-state index in [0.717, 1.165) is 25.7 Å². The van der Waals surface area contributed by atoms with Crippen LogP contribution in [0.4, 0.5) is 0 Å². The van der Waals surface area contributed by atoms with Gasteiger partial charge < -0.3 is 15.7 Å². The number of amides is 2. The number of rotatable bonds is 3. The minimum Gasteiger partial charge on any atom is -0.393 e. The molecule has 1 saturated heterocycles. The minimum absolute atomic E-state index is 0.0545. The predicted molar refractivity (Wildman–Crippen MR) is 65.8 cm³/mol. The van der Waals surface area contributed by atoms with E-state index < -0.39 is 0 Å². The Balaban J connectivity index is 1.67. The van der Waals surface area contributed by atoms with Gasteiger partial charge in [0.05, 0.1) is 12.6 Å². The van der Waals surface area contributed by atoms with Gasteiger partial charge in [0.1, 0.15) is 6.04 Å². The second-order valence-electron chi connectivity index (χ2n) is 5.16. The number of aliphatic hydroxyl groups is 1. The van der Waals surface area contributed by atoms with Crippen LogP contribution in [0.3, 0.4) is 0 Å². The Morgan fingerprint density at radius 2 is 2.06 bits per heavy atom. The van der Waals surface area contributed by atoms with Gasteiger partial charge in [-0.3, -0.25) is 14.9 Å². The molecule has 2 fully saturated rings. The average Bonchev–Trinajstić information content (AvgIpc) is 2.38. The van der Waals surface area contributed by atoms with Crippen LogP contribution >= 0.6 is 0 Å². The number of nitrogens with one attached hydrogen (secondary N) is 3. The van der Waals surface area contributed by atoms with Crippen molar-refractivity contribution in [2.75, 3.05) is 19.6 Å². The first-order valence-electron chi connectivity index (χ1n) is 6.61. The van der Waals surface area contributed by atoms with E-state index in [9.17, 15) is 14.7 Å². The number of piperazine rings is 1. The van der Waals surface area contributed by atoms with Crippen LogP contribution in [-0.4, -0.2) is 48.7 Å². The predicted octanol–water partition coefficient (Wildman–Crippen LogP) is -1.26. The van der Waals surface area contributed by atoms with Gasteiger partial charge in [0, 0.05) is 13.1 Å². The second-order valence-corrected chi connectivity index (χ2v) is 5.16. The summed E-state index contributed by atoms with van der Waals surface area (Å²) in [5.41, 5.74) is 0. The standard InChI is InChI=1S/C12H21N3O3/c16-9-3-1-8(2-4-9)5-15-12(18)10-6-14-11(17)7-13-10/h8-10,13,16H,1-7H2,(H,14,17)(H,15,18). The Morgan fingerprint density at radius 1 is 1.33 bits per heavy atom. The molecule has 0 radical (unpaired) electrons. The summed E-state index contributed by atoms with van der Waals surface area (Å²) in [7, 11) is 0. The van der Waals surface area contributed by atoms with Crippen LogP contribution in [0.1, 0.15) is 25.7 Å². The van der Waals surface area contributed by atoms with Crippen molar-refractivity contribution in [2.24, 2.45) is 5.92 Å². The molecule has 2 rings (SSSR count). The fourth-order valence-corrected chi connectivity index (χ4v) is 2.47. The molecule has 0 aromatic rings. The van der Waals surface area contributed by atoms with Gasteiger partial charge in [-0.1, -0.05) is 0 Å². The Labute approximate surface area is 107 Å². The first-order chi connectivity index (χ1) is 8.65. The van der Waals surface area contributed by atoms with E-state index >= 15 is 0 Å². The Bertz CT molecular complexity index is 304. The van der Waals surface area contributed by atoms with E-state index in [1.807, 2.05) is 0 Å².